The fourth-order valence-electron chi connectivity index (χ4n) is 10.5. The number of hydrogen-bond acceptors (Lipinski definition) is 31. The van der Waals surface area contributed by atoms with Gasteiger partial charge in [-0.2, -0.15) is 9.97 Å². The van der Waals surface area contributed by atoms with Gasteiger partial charge < -0.3 is 79.2 Å². The van der Waals surface area contributed by atoms with E-state index < -0.39 is 151 Å². The number of aromatic nitrogens is 15. The van der Waals surface area contributed by atoms with E-state index in [0.29, 0.717) is 28.0 Å². The summed E-state index contributed by atoms with van der Waals surface area (Å²) in [5, 5.41) is 0. The van der Waals surface area contributed by atoms with Gasteiger partial charge in [0.25, 0.3) is 11.1 Å². The first-order chi connectivity index (χ1) is 41.8. The minimum atomic E-state index is -4.34. The number of thiol groups is 1. The van der Waals surface area contributed by atoms with Crippen LogP contribution in [0.5, 0.6) is 0 Å². The van der Waals surface area contributed by atoms with E-state index in [1.807, 2.05) is 0 Å². The van der Waals surface area contributed by atoms with Crippen LogP contribution in [0.1, 0.15) is 37.8 Å². The molecule has 6 aliphatic heterocycles. The largest absolute Gasteiger partial charge is 0.397 e. The maximum absolute atomic E-state index is 15.8. The molecule has 88 heavy (non-hydrogen) atoms. The van der Waals surface area contributed by atoms with Crippen LogP contribution in [-0.2, 0) is 95.1 Å². The molecule has 37 nitrogen and oxygen atoms in total. The molecule has 8 aromatic rings. The van der Waals surface area contributed by atoms with E-state index >= 15 is 8.78 Å². The lowest BCUT2D eigenvalue weighted by Crippen LogP contribution is -2.32. The highest BCUT2D eigenvalue weighted by atomic mass is 32.7. The van der Waals surface area contributed by atoms with Gasteiger partial charge >= 0.3 is 27.0 Å². The summed E-state index contributed by atoms with van der Waals surface area (Å²) >= 11 is 19.8. The van der Waals surface area contributed by atoms with Gasteiger partial charge in [0, 0.05) is 19.0 Å². The fraction of sp³-hybridized carbons (Fsp3) is 0.488. The van der Waals surface area contributed by atoms with Crippen molar-refractivity contribution < 1.29 is 83.2 Å². The molecule has 0 spiro atoms. The standard InChI is InChI=1S/C21H24FN9O9P2S2.C20H23FN10O9P2S2/c22-13-11-5-36-41(33,43)39-9-3-12(30-6-26-14-8(23)1-2-25-17(14)30)37-10(9)4-35-42(34,44)40-16(13)20(38-11)31-7-27-15-18(31)28-21(24)29-19(15)32;21-11-9-3-36-41(33,43)39-7-1-10(30-5-26-12-15(22)24-4-25-16(12)30)37-8(7)2-35-42(34,44)40-14(11)19(38-9)31-6-27-13-17(31)28-20(23)29-18(13)32/h1-2,6-7,9-13,16,20H,3-5H2,(H2,23,25)(H,33,43)(H,34,44)(H3,24,28,29,32);4-11,14,19H,1-3H2,(H,33,43)(H,34,44)(H2,22,24,25)(H3,23,28,29,32)/t9-,10-,11-,12-,13-,16-,20-,41?,42?;7-,8-,9-,10-,11-,14-,19-,41?,42?/m11/s1. The number of rotatable bonds is 4. The van der Waals surface area contributed by atoms with Gasteiger partial charge in [-0.1, -0.05) is 12.2 Å². The average Bonchev–Trinajstić information content (AvgIpc) is 2.42. The topological polar surface area (TPSA) is 494 Å². The molecule has 6 aliphatic rings. The highest BCUT2D eigenvalue weighted by Gasteiger charge is 2.54. The number of alkyl halides is 2. The number of ether oxygens (including phenoxy) is 4. The maximum atomic E-state index is 15.8. The van der Waals surface area contributed by atoms with Gasteiger partial charge in [0.1, 0.15) is 66.4 Å². The fourth-order valence-corrected chi connectivity index (χ4v) is 16.3. The number of pyridine rings is 1. The normalized spacial score (nSPS) is 36.6. The quantitative estimate of drug-likeness (QED) is 0.0874. The summed E-state index contributed by atoms with van der Waals surface area (Å²) in [4.78, 5) is 99.3. The molecule has 0 radical (unpaired) electrons. The number of nitrogens with zero attached hydrogens (tertiary/aromatic N) is 13. The molecule has 6 saturated heterocycles. The van der Waals surface area contributed by atoms with Gasteiger partial charge in [-0.3, -0.25) is 51.4 Å². The number of H-pyrrole nitrogens is 2. The highest BCUT2D eigenvalue weighted by Crippen LogP contribution is 2.59. The number of nitrogen functional groups attached to an aromatic ring is 4. The summed E-state index contributed by atoms with van der Waals surface area (Å²) in [7, 11) is 0. The molecular weight excluding hydrogens is 1340 g/mol. The number of hydrogen-bond donors (Lipinski definition) is 10. The van der Waals surface area contributed by atoms with Crippen molar-refractivity contribution in [2.45, 2.75) is 98.9 Å². The minimum absolute atomic E-state index is 0.0465. The van der Waals surface area contributed by atoms with E-state index in [1.165, 1.54) is 40.6 Å². The Hall–Kier alpha value is -5.14. The Morgan fingerprint density at radius 2 is 0.989 bits per heavy atom. The molecule has 18 atom stereocenters. The smallest absolute Gasteiger partial charge is 0.386 e. The van der Waals surface area contributed by atoms with Gasteiger partial charge in [-0.05, 0) is 41.5 Å². The van der Waals surface area contributed by atoms with E-state index in [1.54, 1.807) is 15.2 Å². The number of nitrogens with one attached hydrogen (secondary N) is 2. The number of fused-ring (bicyclic) bond motifs is 10. The third kappa shape index (κ3) is 12.1. The molecule has 14 rings (SSSR count). The number of nitrogens with two attached hydrogens (primary N) is 4. The molecule has 0 saturated carbocycles. The van der Waals surface area contributed by atoms with Crippen molar-refractivity contribution in [3.63, 3.8) is 0 Å². The van der Waals surface area contributed by atoms with Crippen molar-refractivity contribution in [1.82, 2.24) is 73.1 Å². The SMILES string of the molecule is Nc1nc2c(ncn2[C@@H]2O[C@@H]3COP(O)(=S)O[C@@H]4C[C@H](n5cnc6c(N)ccnc65)O[C@@H]4COP(=O)(S)O[C@@H]2[C@@H]3F)c(=O)[nH]1.Nc1nc2c(ncn2[C@@H]2O[C@@H]3COP(O)(=S)O[C@@H]4C[C@H](n5cnc6c(N)ncnc65)O[C@@H]4COP(O)(=S)O[C@@H]2[C@@H]3F)c(=O)[nH]1. The van der Waals surface area contributed by atoms with Crippen LogP contribution in [0.2, 0.25) is 0 Å². The lowest BCUT2D eigenvalue weighted by Gasteiger charge is -2.27. The van der Waals surface area contributed by atoms with Gasteiger partial charge in [-0.15, -0.1) is 0 Å². The summed E-state index contributed by atoms with van der Waals surface area (Å²) < 4.78 is 120. The van der Waals surface area contributed by atoms with E-state index in [9.17, 15) is 28.8 Å². The predicted molar refractivity (Wildman–Crippen MR) is 311 cm³/mol. The first kappa shape index (κ1) is 61.7. The molecule has 0 amide bonds. The van der Waals surface area contributed by atoms with Crippen LogP contribution in [0.4, 0.5) is 32.2 Å². The van der Waals surface area contributed by atoms with Crippen molar-refractivity contribution in [1.29, 1.82) is 0 Å². The Kier molecular flexibility index (Phi) is 16.5. The van der Waals surface area contributed by atoms with E-state index in [2.05, 4.69) is 67.1 Å². The molecule has 8 aromatic heterocycles. The predicted octanol–water partition coefficient (Wildman–Crippen LogP) is 1.22. The highest BCUT2D eigenvalue weighted by molar-refractivity contribution is 8.44. The lowest BCUT2D eigenvalue weighted by molar-refractivity contribution is -0.0596. The van der Waals surface area contributed by atoms with Crippen molar-refractivity contribution in [2.75, 3.05) is 49.4 Å². The molecule has 472 valence electrons. The van der Waals surface area contributed by atoms with Crippen molar-refractivity contribution in [3.8, 4) is 0 Å². The Bertz CT molecular complexity index is 4090. The van der Waals surface area contributed by atoms with Gasteiger partial charge in [-0.25, -0.2) is 48.2 Å². The summed E-state index contributed by atoms with van der Waals surface area (Å²) in [6.07, 6.45) is -9.78. The first-order valence-electron chi connectivity index (χ1n) is 25.8. The second kappa shape index (κ2) is 23.5. The van der Waals surface area contributed by atoms with Gasteiger partial charge in [0.15, 0.2) is 64.2 Å². The van der Waals surface area contributed by atoms with Crippen LogP contribution in [0.3, 0.4) is 0 Å². The molecule has 0 aliphatic carbocycles. The van der Waals surface area contributed by atoms with Gasteiger partial charge in [0.05, 0.1) is 69.6 Å². The van der Waals surface area contributed by atoms with Crippen LogP contribution in [0.15, 0.2) is 53.5 Å². The lowest BCUT2D eigenvalue weighted by atomic mass is 10.1. The molecule has 4 bridgehead atoms. The summed E-state index contributed by atoms with van der Waals surface area (Å²) in [5.74, 6) is -0.286. The minimum Gasteiger partial charge on any atom is -0.397 e. The second-order valence-electron chi connectivity index (χ2n) is 20.1. The molecule has 6 fully saturated rings. The van der Waals surface area contributed by atoms with E-state index in [4.69, 9.17) is 113 Å². The zero-order valence-corrected chi connectivity index (χ0v) is 51.1. The number of aromatic amines is 2. The van der Waals surface area contributed by atoms with Crippen LogP contribution in [0.25, 0.3) is 44.7 Å². The summed E-state index contributed by atoms with van der Waals surface area (Å²) in [5.41, 5.74) is 23.7. The zero-order valence-electron chi connectivity index (χ0n) is 44.2. The Labute approximate surface area is 509 Å². The van der Waals surface area contributed by atoms with E-state index in [-0.39, 0.29) is 52.9 Å². The Balaban J connectivity index is 0.000000162. The number of anilines is 4. The average molecular weight is 1380 g/mol. The van der Waals surface area contributed by atoms with Crippen LogP contribution in [0, 0.1) is 0 Å². The van der Waals surface area contributed by atoms with Crippen LogP contribution >= 0.6 is 39.2 Å². The number of halogens is 2. The second-order valence-corrected chi connectivity index (χ2v) is 31.3. The van der Waals surface area contributed by atoms with Gasteiger partial charge in [0.2, 0.25) is 11.9 Å². The van der Waals surface area contributed by atoms with Crippen LogP contribution < -0.4 is 34.1 Å². The molecule has 4 unspecified atom stereocenters. The van der Waals surface area contributed by atoms with E-state index in [0.717, 1.165) is 6.33 Å². The van der Waals surface area contributed by atoms with Crippen molar-refractivity contribution in [3.05, 3.63) is 64.6 Å². The maximum Gasteiger partial charge on any atom is 0.386 e. The Morgan fingerprint density at radius 1 is 0.545 bits per heavy atom. The monoisotopic (exact) mass is 1380 g/mol. The molecular formula is C41H47F2N19O18P4S4. The number of imidazole rings is 4. The third-order valence-electron chi connectivity index (χ3n) is 14.5. The summed E-state index contributed by atoms with van der Waals surface area (Å²) in [6, 6.07) is 1.61. The van der Waals surface area contributed by atoms with Crippen molar-refractivity contribution >= 4 is 143 Å². The van der Waals surface area contributed by atoms with Crippen molar-refractivity contribution in [2.24, 2.45) is 0 Å². The first-order valence-corrected chi connectivity index (χ1v) is 36.2. The molecule has 13 N–H and O–H groups in total. The zero-order chi connectivity index (χ0) is 61.9. The molecule has 14 heterocycles. The third-order valence-corrected chi connectivity index (χ3v) is 20.8. The Morgan fingerprint density at radius 3 is 1.52 bits per heavy atom. The summed E-state index contributed by atoms with van der Waals surface area (Å²) in [6.45, 7) is -18.6. The van der Waals surface area contributed by atoms with Crippen LogP contribution in [-0.4, -0.2) is 175 Å². The molecule has 47 heteroatoms. The molecule has 0 aromatic carbocycles.